The van der Waals surface area contributed by atoms with Crippen molar-refractivity contribution in [2.75, 3.05) is 0 Å². The lowest BCUT2D eigenvalue weighted by molar-refractivity contribution is -0.154. The van der Waals surface area contributed by atoms with Crippen LogP contribution in [0.2, 0.25) is 0 Å². The van der Waals surface area contributed by atoms with Crippen molar-refractivity contribution in [3.63, 3.8) is 0 Å². The smallest absolute Gasteiger partial charge is 0.335 e. The molecule has 20 heavy (non-hydrogen) atoms. The summed E-state index contributed by atoms with van der Waals surface area (Å²) in [5.74, 6) is -1.03. The standard InChI is InChI=1S/C16H15FO3/c17-14-8-6-12(7-9-14)10-15(18)16(19)20-11-13-4-2-1-3-5-13/h1-9,15,18H,10-11H2/t15-/m1/s1. The molecule has 3 nitrogen and oxygen atoms in total. The van der Waals surface area contributed by atoms with Gasteiger partial charge in [-0.25, -0.2) is 9.18 Å². The van der Waals surface area contributed by atoms with Gasteiger partial charge < -0.3 is 9.84 Å². The molecule has 0 spiro atoms. The summed E-state index contributed by atoms with van der Waals surface area (Å²) in [4.78, 5) is 11.6. The van der Waals surface area contributed by atoms with Crippen LogP contribution in [0.5, 0.6) is 0 Å². The molecule has 2 rings (SSSR count). The lowest BCUT2D eigenvalue weighted by Crippen LogP contribution is -2.25. The van der Waals surface area contributed by atoms with Gasteiger partial charge in [0.1, 0.15) is 12.4 Å². The van der Waals surface area contributed by atoms with Gasteiger partial charge in [0.2, 0.25) is 0 Å². The predicted molar refractivity (Wildman–Crippen MR) is 72.3 cm³/mol. The number of rotatable bonds is 5. The van der Waals surface area contributed by atoms with E-state index < -0.39 is 12.1 Å². The van der Waals surface area contributed by atoms with Crippen LogP contribution in [0.15, 0.2) is 54.6 Å². The van der Waals surface area contributed by atoms with Gasteiger partial charge in [-0.05, 0) is 23.3 Å². The highest BCUT2D eigenvalue weighted by Crippen LogP contribution is 2.08. The molecule has 0 aliphatic heterocycles. The summed E-state index contributed by atoms with van der Waals surface area (Å²) in [6.45, 7) is 0.125. The number of hydrogen-bond donors (Lipinski definition) is 1. The Morgan fingerprint density at radius 2 is 1.70 bits per heavy atom. The van der Waals surface area contributed by atoms with E-state index in [1.54, 1.807) is 0 Å². The van der Waals surface area contributed by atoms with E-state index in [2.05, 4.69) is 0 Å². The third-order valence-corrected chi connectivity index (χ3v) is 2.84. The maximum atomic E-state index is 12.7. The number of aliphatic hydroxyl groups is 1. The Kier molecular flexibility index (Phi) is 4.85. The van der Waals surface area contributed by atoms with Crippen LogP contribution in [-0.4, -0.2) is 17.2 Å². The Balaban J connectivity index is 1.84. The first kappa shape index (κ1) is 14.2. The van der Waals surface area contributed by atoms with E-state index in [9.17, 15) is 14.3 Å². The highest BCUT2D eigenvalue weighted by molar-refractivity contribution is 5.74. The van der Waals surface area contributed by atoms with Gasteiger partial charge in [-0.2, -0.15) is 0 Å². The fourth-order valence-corrected chi connectivity index (χ4v) is 1.75. The molecule has 0 bridgehead atoms. The second kappa shape index (κ2) is 6.82. The molecule has 4 heteroatoms. The molecule has 0 aromatic heterocycles. The first-order valence-electron chi connectivity index (χ1n) is 6.28. The van der Waals surface area contributed by atoms with E-state index in [-0.39, 0.29) is 18.8 Å². The van der Waals surface area contributed by atoms with Crippen molar-refractivity contribution >= 4 is 5.97 Å². The molecule has 0 unspecified atom stereocenters. The number of aliphatic hydroxyl groups excluding tert-OH is 1. The Bertz CT molecular complexity index is 552. The van der Waals surface area contributed by atoms with Crippen LogP contribution in [0, 0.1) is 5.82 Å². The van der Waals surface area contributed by atoms with E-state index in [1.165, 1.54) is 24.3 Å². The monoisotopic (exact) mass is 274 g/mol. The minimum atomic E-state index is -1.25. The molecule has 0 saturated heterocycles. The van der Waals surface area contributed by atoms with Gasteiger partial charge in [-0.15, -0.1) is 0 Å². The van der Waals surface area contributed by atoms with Crippen LogP contribution in [0.3, 0.4) is 0 Å². The minimum absolute atomic E-state index is 0.105. The number of esters is 1. The third kappa shape index (κ3) is 4.17. The summed E-state index contributed by atoms with van der Waals surface area (Å²) >= 11 is 0. The van der Waals surface area contributed by atoms with Crippen molar-refractivity contribution in [2.45, 2.75) is 19.1 Å². The summed E-state index contributed by atoms with van der Waals surface area (Å²) in [7, 11) is 0. The van der Waals surface area contributed by atoms with Gasteiger partial charge in [0.15, 0.2) is 6.10 Å². The average Bonchev–Trinajstić information content (AvgIpc) is 2.48. The second-order valence-corrected chi connectivity index (χ2v) is 4.44. The predicted octanol–water partition coefficient (Wildman–Crippen LogP) is 2.47. The first-order valence-corrected chi connectivity index (χ1v) is 6.28. The lowest BCUT2D eigenvalue weighted by Gasteiger charge is -2.11. The molecule has 0 fully saturated rings. The molecule has 0 radical (unpaired) electrons. The van der Waals surface area contributed by atoms with E-state index in [0.717, 1.165) is 5.56 Å². The maximum absolute atomic E-state index is 12.7. The van der Waals surface area contributed by atoms with Crippen molar-refractivity contribution in [3.8, 4) is 0 Å². The number of carbonyl (C=O) groups excluding carboxylic acids is 1. The molecule has 1 N–H and O–H groups in total. The molecule has 0 heterocycles. The van der Waals surface area contributed by atoms with Crippen LogP contribution in [0.4, 0.5) is 4.39 Å². The first-order chi connectivity index (χ1) is 9.65. The SMILES string of the molecule is O=C(OCc1ccccc1)[C@H](O)Cc1ccc(F)cc1. The fourth-order valence-electron chi connectivity index (χ4n) is 1.75. The normalized spacial score (nSPS) is 11.9. The van der Waals surface area contributed by atoms with Gasteiger partial charge >= 0.3 is 5.97 Å². The number of benzene rings is 2. The van der Waals surface area contributed by atoms with Crippen molar-refractivity contribution < 1.29 is 19.0 Å². The van der Waals surface area contributed by atoms with Gasteiger partial charge in [0.25, 0.3) is 0 Å². The van der Waals surface area contributed by atoms with Crippen LogP contribution >= 0.6 is 0 Å². The zero-order valence-corrected chi connectivity index (χ0v) is 10.8. The van der Waals surface area contributed by atoms with E-state index in [0.29, 0.717) is 5.56 Å². The molecule has 104 valence electrons. The number of ether oxygens (including phenoxy) is 1. The number of hydrogen-bond acceptors (Lipinski definition) is 3. The van der Waals surface area contributed by atoms with Crippen molar-refractivity contribution in [2.24, 2.45) is 0 Å². The molecular formula is C16H15FO3. The molecule has 1 atom stereocenters. The Labute approximate surface area is 116 Å². The molecule has 0 aliphatic carbocycles. The quantitative estimate of drug-likeness (QED) is 0.852. The van der Waals surface area contributed by atoms with E-state index >= 15 is 0 Å². The Morgan fingerprint density at radius 1 is 1.05 bits per heavy atom. The summed E-state index contributed by atoms with van der Waals surface area (Å²) in [5.41, 5.74) is 1.53. The maximum Gasteiger partial charge on any atom is 0.335 e. The van der Waals surface area contributed by atoms with Crippen molar-refractivity contribution in [1.82, 2.24) is 0 Å². The van der Waals surface area contributed by atoms with Crippen LogP contribution in [0.1, 0.15) is 11.1 Å². The fraction of sp³-hybridized carbons (Fsp3) is 0.188. The summed E-state index contributed by atoms with van der Waals surface area (Å²) in [6, 6.07) is 14.9. The molecule has 0 aliphatic rings. The summed E-state index contributed by atoms with van der Waals surface area (Å²) in [6.07, 6.45) is -1.14. The van der Waals surface area contributed by atoms with Crippen molar-refractivity contribution in [3.05, 3.63) is 71.5 Å². The highest BCUT2D eigenvalue weighted by Gasteiger charge is 2.17. The molecule has 2 aromatic carbocycles. The highest BCUT2D eigenvalue weighted by atomic mass is 19.1. The molecule has 2 aromatic rings. The van der Waals surface area contributed by atoms with Gasteiger partial charge in [-0.1, -0.05) is 42.5 Å². The van der Waals surface area contributed by atoms with E-state index in [4.69, 9.17) is 4.74 Å². The molecular weight excluding hydrogens is 259 g/mol. The average molecular weight is 274 g/mol. The summed E-state index contributed by atoms with van der Waals surface area (Å²) in [5, 5.41) is 9.75. The van der Waals surface area contributed by atoms with Gasteiger partial charge in [0.05, 0.1) is 0 Å². The Morgan fingerprint density at radius 3 is 2.35 bits per heavy atom. The Hall–Kier alpha value is -2.20. The van der Waals surface area contributed by atoms with Crippen LogP contribution < -0.4 is 0 Å². The molecule has 0 saturated carbocycles. The zero-order valence-electron chi connectivity index (χ0n) is 10.8. The number of halogens is 1. The second-order valence-electron chi connectivity index (χ2n) is 4.44. The van der Waals surface area contributed by atoms with Gasteiger partial charge in [-0.3, -0.25) is 0 Å². The summed E-state index contributed by atoms with van der Waals surface area (Å²) < 4.78 is 17.8. The van der Waals surface area contributed by atoms with E-state index in [1.807, 2.05) is 30.3 Å². The van der Waals surface area contributed by atoms with Crippen LogP contribution in [0.25, 0.3) is 0 Å². The number of carbonyl (C=O) groups is 1. The molecule has 0 amide bonds. The largest absolute Gasteiger partial charge is 0.459 e. The third-order valence-electron chi connectivity index (χ3n) is 2.84. The van der Waals surface area contributed by atoms with Gasteiger partial charge in [0, 0.05) is 6.42 Å². The zero-order chi connectivity index (χ0) is 14.4. The minimum Gasteiger partial charge on any atom is -0.459 e. The van der Waals surface area contributed by atoms with Crippen molar-refractivity contribution in [1.29, 1.82) is 0 Å². The van der Waals surface area contributed by atoms with Crippen LogP contribution in [-0.2, 0) is 22.6 Å². The topological polar surface area (TPSA) is 46.5 Å². The lowest BCUT2D eigenvalue weighted by atomic mass is 10.1.